The maximum Gasteiger partial charge on any atom is 0.340 e. The van der Waals surface area contributed by atoms with Crippen LogP contribution in [0.3, 0.4) is 0 Å². The zero-order chi connectivity index (χ0) is 20.1. The number of aryl methyl sites for hydroxylation is 2. The highest BCUT2D eigenvalue weighted by molar-refractivity contribution is 6.04. The number of ketones is 1. The predicted octanol–water partition coefficient (Wildman–Crippen LogP) is 3.47. The molecular weight excluding hydrogens is 346 g/mol. The zero-order valence-electron chi connectivity index (χ0n) is 16.3. The van der Waals surface area contributed by atoms with Gasteiger partial charge in [-0.25, -0.2) is 4.79 Å². The molecule has 27 heavy (non-hydrogen) atoms. The van der Waals surface area contributed by atoms with Crippen molar-refractivity contribution in [3.8, 4) is 0 Å². The van der Waals surface area contributed by atoms with E-state index in [1.807, 2.05) is 31.2 Å². The average Bonchev–Trinajstić information content (AvgIpc) is 2.90. The van der Waals surface area contributed by atoms with Crippen LogP contribution in [0.25, 0.3) is 0 Å². The van der Waals surface area contributed by atoms with Gasteiger partial charge >= 0.3 is 11.9 Å². The first kappa shape index (κ1) is 20.4. The maximum absolute atomic E-state index is 12.7. The van der Waals surface area contributed by atoms with Crippen LogP contribution in [0.4, 0.5) is 0 Å². The molecule has 1 aromatic heterocycles. The van der Waals surface area contributed by atoms with Crippen molar-refractivity contribution in [1.29, 1.82) is 0 Å². The van der Waals surface area contributed by atoms with Crippen LogP contribution in [0.1, 0.15) is 57.1 Å². The Morgan fingerprint density at radius 3 is 2.41 bits per heavy atom. The van der Waals surface area contributed by atoms with Crippen molar-refractivity contribution < 1.29 is 23.9 Å². The Morgan fingerprint density at radius 2 is 1.78 bits per heavy atom. The summed E-state index contributed by atoms with van der Waals surface area (Å²) in [5.41, 5.74) is 3.50. The number of aromatic nitrogens is 1. The Labute approximate surface area is 158 Å². The minimum absolute atomic E-state index is 0.0983. The topological polar surface area (TPSA) is 85.5 Å². The van der Waals surface area contributed by atoms with Crippen molar-refractivity contribution >= 4 is 17.7 Å². The molecule has 0 saturated heterocycles. The van der Waals surface area contributed by atoms with Gasteiger partial charge in [0.2, 0.25) is 5.78 Å². The molecule has 6 heteroatoms. The molecule has 0 unspecified atom stereocenters. The molecule has 0 saturated carbocycles. The molecule has 1 atom stereocenters. The first-order chi connectivity index (χ1) is 12.8. The maximum atomic E-state index is 12.7. The highest BCUT2D eigenvalue weighted by Gasteiger charge is 2.27. The molecule has 1 aromatic carbocycles. The van der Waals surface area contributed by atoms with E-state index in [2.05, 4.69) is 4.98 Å². The summed E-state index contributed by atoms with van der Waals surface area (Å²) < 4.78 is 10.3. The van der Waals surface area contributed by atoms with Gasteiger partial charge < -0.3 is 14.5 Å². The normalized spacial score (nSPS) is 11.7. The molecule has 0 aliphatic heterocycles. The van der Waals surface area contributed by atoms with E-state index in [4.69, 9.17) is 9.47 Å². The van der Waals surface area contributed by atoms with Crippen LogP contribution < -0.4 is 0 Å². The highest BCUT2D eigenvalue weighted by atomic mass is 16.5. The van der Waals surface area contributed by atoms with Crippen molar-refractivity contribution in [1.82, 2.24) is 4.98 Å². The number of carbonyl (C=O) groups is 3. The molecule has 1 heterocycles. The number of nitrogens with one attached hydrogen (secondary N) is 1. The van der Waals surface area contributed by atoms with E-state index in [0.717, 1.165) is 11.1 Å². The number of H-pyrrole nitrogens is 1. The van der Waals surface area contributed by atoms with Gasteiger partial charge in [0, 0.05) is 5.69 Å². The molecule has 0 spiro atoms. The van der Waals surface area contributed by atoms with Crippen molar-refractivity contribution in [3.63, 3.8) is 0 Å². The minimum atomic E-state index is -0.965. The molecule has 2 aromatic rings. The number of ether oxygens (including phenoxy) is 2. The average molecular weight is 371 g/mol. The van der Waals surface area contributed by atoms with Crippen LogP contribution in [0.5, 0.6) is 0 Å². The lowest BCUT2D eigenvalue weighted by Gasteiger charge is -2.13. The van der Waals surface area contributed by atoms with Gasteiger partial charge in [0.05, 0.1) is 24.3 Å². The van der Waals surface area contributed by atoms with E-state index in [1.165, 1.54) is 6.92 Å². The summed E-state index contributed by atoms with van der Waals surface area (Å²) in [7, 11) is 0. The Bertz CT molecular complexity index is 865. The van der Waals surface area contributed by atoms with E-state index in [9.17, 15) is 14.4 Å². The second kappa shape index (κ2) is 8.66. The fraction of sp³-hybridized carbons (Fsp3) is 0.381. The first-order valence-electron chi connectivity index (χ1n) is 8.90. The molecule has 0 aliphatic rings. The van der Waals surface area contributed by atoms with E-state index in [-0.39, 0.29) is 24.5 Å². The molecule has 6 nitrogen and oxygen atoms in total. The van der Waals surface area contributed by atoms with Gasteiger partial charge in [-0.2, -0.15) is 0 Å². The Balaban J connectivity index is 2.11. The minimum Gasteiger partial charge on any atom is -0.462 e. The molecular formula is C21H25NO5. The third-order valence-electron chi connectivity index (χ3n) is 4.44. The second-order valence-electron chi connectivity index (χ2n) is 6.45. The molecule has 1 N–H and O–H groups in total. The lowest BCUT2D eigenvalue weighted by molar-refractivity contribution is -0.145. The summed E-state index contributed by atoms with van der Waals surface area (Å²) in [5.74, 6) is -1.34. The van der Waals surface area contributed by atoms with Crippen molar-refractivity contribution in [2.24, 2.45) is 0 Å². The van der Waals surface area contributed by atoms with Crippen molar-refractivity contribution in [3.05, 3.63) is 57.9 Å². The van der Waals surface area contributed by atoms with Gasteiger partial charge in [0.25, 0.3) is 0 Å². The van der Waals surface area contributed by atoms with Crippen LogP contribution in [0, 0.1) is 20.8 Å². The van der Waals surface area contributed by atoms with Crippen LogP contribution in [0.15, 0.2) is 24.3 Å². The third-order valence-corrected chi connectivity index (χ3v) is 4.44. The van der Waals surface area contributed by atoms with E-state index in [0.29, 0.717) is 16.8 Å². The molecule has 2 rings (SSSR count). The lowest BCUT2D eigenvalue weighted by Crippen LogP contribution is -2.26. The fourth-order valence-electron chi connectivity index (χ4n) is 2.97. The standard InChI is InChI=1S/C21H25NO5/c1-6-26-21(25)18-13(3)19(22-14(18)4)20(24)15(5)27-17(23)11-16-10-8-7-9-12(16)2/h7-10,15,22H,6,11H2,1-5H3/t15-/m0/s1. The number of aromatic amines is 1. The third kappa shape index (κ3) is 4.64. The second-order valence-corrected chi connectivity index (χ2v) is 6.45. The molecule has 0 radical (unpaired) electrons. The summed E-state index contributed by atoms with van der Waals surface area (Å²) in [5, 5.41) is 0. The Morgan fingerprint density at radius 1 is 1.11 bits per heavy atom. The van der Waals surface area contributed by atoms with Crippen LogP contribution in [-0.4, -0.2) is 35.4 Å². The summed E-state index contributed by atoms with van der Waals surface area (Å²) in [6.45, 7) is 8.78. The predicted molar refractivity (Wildman–Crippen MR) is 101 cm³/mol. The number of rotatable bonds is 7. The molecule has 0 amide bonds. The fourth-order valence-corrected chi connectivity index (χ4v) is 2.97. The lowest BCUT2D eigenvalue weighted by atomic mass is 10.1. The van der Waals surface area contributed by atoms with Gasteiger partial charge in [-0.15, -0.1) is 0 Å². The molecule has 0 bridgehead atoms. The molecule has 0 aliphatic carbocycles. The largest absolute Gasteiger partial charge is 0.462 e. The highest BCUT2D eigenvalue weighted by Crippen LogP contribution is 2.21. The molecule has 144 valence electrons. The van der Waals surface area contributed by atoms with E-state index >= 15 is 0 Å². The zero-order valence-corrected chi connectivity index (χ0v) is 16.3. The SMILES string of the molecule is CCOC(=O)c1c(C)[nH]c(C(=O)[C@H](C)OC(=O)Cc2ccccc2C)c1C. The van der Waals surface area contributed by atoms with Gasteiger partial charge in [-0.3, -0.25) is 9.59 Å². The van der Waals surface area contributed by atoms with Crippen LogP contribution >= 0.6 is 0 Å². The Kier molecular flexibility index (Phi) is 6.55. The monoisotopic (exact) mass is 371 g/mol. The van der Waals surface area contributed by atoms with Crippen molar-refractivity contribution in [2.45, 2.75) is 47.1 Å². The number of Topliss-reactive ketones (excluding diaryl/α,β-unsaturated/α-hetero) is 1. The van der Waals surface area contributed by atoms with Crippen LogP contribution in [-0.2, 0) is 20.7 Å². The summed E-state index contributed by atoms with van der Waals surface area (Å²) >= 11 is 0. The first-order valence-corrected chi connectivity index (χ1v) is 8.90. The number of benzene rings is 1. The quantitative estimate of drug-likeness (QED) is 0.595. The van der Waals surface area contributed by atoms with E-state index < -0.39 is 18.0 Å². The smallest absolute Gasteiger partial charge is 0.340 e. The summed E-state index contributed by atoms with van der Waals surface area (Å²) in [4.78, 5) is 39.9. The van der Waals surface area contributed by atoms with E-state index in [1.54, 1.807) is 20.8 Å². The number of esters is 2. The number of carbonyl (C=O) groups excluding carboxylic acids is 3. The number of hydrogen-bond donors (Lipinski definition) is 1. The van der Waals surface area contributed by atoms with Gasteiger partial charge in [0.15, 0.2) is 6.10 Å². The van der Waals surface area contributed by atoms with Gasteiger partial charge in [-0.05, 0) is 51.3 Å². The summed E-state index contributed by atoms with van der Waals surface area (Å²) in [6.07, 6.45) is -0.866. The number of hydrogen-bond acceptors (Lipinski definition) is 5. The molecule has 0 fully saturated rings. The van der Waals surface area contributed by atoms with Gasteiger partial charge in [0.1, 0.15) is 0 Å². The summed E-state index contributed by atoms with van der Waals surface area (Å²) in [6, 6.07) is 7.52. The Hall–Kier alpha value is -2.89. The van der Waals surface area contributed by atoms with Crippen LogP contribution in [0.2, 0.25) is 0 Å². The van der Waals surface area contributed by atoms with Crippen molar-refractivity contribution in [2.75, 3.05) is 6.61 Å². The van der Waals surface area contributed by atoms with Gasteiger partial charge in [-0.1, -0.05) is 24.3 Å².